The van der Waals surface area contributed by atoms with E-state index in [0.717, 1.165) is 5.76 Å². The van der Waals surface area contributed by atoms with Gasteiger partial charge in [0.1, 0.15) is 22.1 Å². The molecule has 25 heavy (non-hydrogen) atoms. The van der Waals surface area contributed by atoms with Crippen molar-refractivity contribution < 1.29 is 12.8 Å². The minimum Gasteiger partial charge on any atom is -0.443 e. The van der Waals surface area contributed by atoms with E-state index >= 15 is 0 Å². The summed E-state index contributed by atoms with van der Waals surface area (Å²) in [7, 11) is -2.96. The lowest BCUT2D eigenvalue weighted by molar-refractivity contribution is 0.383. The third kappa shape index (κ3) is 10.0. The van der Waals surface area contributed by atoms with Crippen molar-refractivity contribution in [2.75, 3.05) is 18.6 Å². The molecule has 0 fully saturated rings. The van der Waals surface area contributed by atoms with Gasteiger partial charge in [-0.2, -0.15) is 0 Å². The van der Waals surface area contributed by atoms with Gasteiger partial charge in [0.25, 0.3) is 0 Å². The molecule has 0 amide bonds. The number of hydrogen-bond acceptors (Lipinski definition) is 5. The number of oxazole rings is 1. The summed E-state index contributed by atoms with van der Waals surface area (Å²) < 4.78 is 28.2. The van der Waals surface area contributed by atoms with E-state index in [0.29, 0.717) is 31.4 Å². The zero-order valence-corrected chi connectivity index (χ0v) is 19.1. The first-order valence-corrected chi connectivity index (χ1v) is 10.2. The Kier molecular flexibility index (Phi) is 10.00. The van der Waals surface area contributed by atoms with E-state index < -0.39 is 9.84 Å². The smallest absolute Gasteiger partial charge is 0.216 e. The first-order valence-electron chi connectivity index (χ1n) is 8.19. The SMILES string of the molecule is CCNC(=NCc1ncc(C(C)(C)C)o1)NC(C)CCS(C)(=O)=O.I. The molecule has 0 aliphatic heterocycles. The second-order valence-electron chi connectivity index (χ2n) is 7.03. The highest BCUT2D eigenvalue weighted by Crippen LogP contribution is 2.22. The predicted octanol–water partition coefficient (Wildman–Crippen LogP) is 2.47. The van der Waals surface area contributed by atoms with Gasteiger partial charge in [0, 0.05) is 24.3 Å². The van der Waals surface area contributed by atoms with Crippen LogP contribution in [0.5, 0.6) is 0 Å². The van der Waals surface area contributed by atoms with Gasteiger partial charge in [0.15, 0.2) is 5.96 Å². The standard InChI is InChI=1S/C16H30N4O3S.HI/c1-7-17-15(20-12(2)8-9-24(6,21)22)19-11-14-18-10-13(23-14)16(3,4)5;/h10,12H,7-9,11H2,1-6H3,(H2,17,19,20);1H. The lowest BCUT2D eigenvalue weighted by atomic mass is 9.94. The Bertz CT molecular complexity index is 651. The maximum absolute atomic E-state index is 11.2. The molecular weight excluding hydrogens is 455 g/mol. The molecule has 1 aromatic rings. The molecular formula is C16H31IN4O3S. The van der Waals surface area contributed by atoms with Crippen LogP contribution in [0.1, 0.15) is 52.7 Å². The molecule has 0 saturated carbocycles. The predicted molar refractivity (Wildman–Crippen MR) is 112 cm³/mol. The molecule has 146 valence electrons. The Morgan fingerprint density at radius 2 is 2.04 bits per heavy atom. The molecule has 1 heterocycles. The van der Waals surface area contributed by atoms with Crippen molar-refractivity contribution in [3.63, 3.8) is 0 Å². The van der Waals surface area contributed by atoms with Gasteiger partial charge in [0.2, 0.25) is 5.89 Å². The van der Waals surface area contributed by atoms with E-state index in [1.54, 1.807) is 6.20 Å². The summed E-state index contributed by atoms with van der Waals surface area (Å²) in [5, 5.41) is 6.34. The number of halogens is 1. The quantitative estimate of drug-likeness (QED) is 0.349. The normalized spacial score (nSPS) is 13.9. The molecule has 0 spiro atoms. The molecule has 1 atom stereocenters. The van der Waals surface area contributed by atoms with Crippen LogP contribution in [0, 0.1) is 0 Å². The van der Waals surface area contributed by atoms with Crippen LogP contribution in [0.2, 0.25) is 0 Å². The molecule has 1 rings (SSSR count). The van der Waals surface area contributed by atoms with Crippen molar-refractivity contribution in [1.82, 2.24) is 15.6 Å². The Hall–Kier alpha value is -0.840. The molecule has 0 radical (unpaired) electrons. The largest absolute Gasteiger partial charge is 0.443 e. The molecule has 0 aromatic carbocycles. The van der Waals surface area contributed by atoms with E-state index in [9.17, 15) is 8.42 Å². The monoisotopic (exact) mass is 486 g/mol. The summed E-state index contributed by atoms with van der Waals surface area (Å²) in [4.78, 5) is 8.71. The van der Waals surface area contributed by atoms with Gasteiger partial charge in [-0.25, -0.2) is 18.4 Å². The number of guanidine groups is 1. The van der Waals surface area contributed by atoms with Gasteiger partial charge in [0.05, 0.1) is 11.9 Å². The van der Waals surface area contributed by atoms with Gasteiger partial charge < -0.3 is 15.1 Å². The van der Waals surface area contributed by atoms with Crippen LogP contribution in [0.3, 0.4) is 0 Å². The van der Waals surface area contributed by atoms with Gasteiger partial charge >= 0.3 is 0 Å². The van der Waals surface area contributed by atoms with Crippen molar-refractivity contribution in [3.05, 3.63) is 17.8 Å². The number of aromatic nitrogens is 1. The molecule has 2 N–H and O–H groups in total. The number of nitrogens with zero attached hydrogens (tertiary/aromatic N) is 2. The summed E-state index contributed by atoms with van der Waals surface area (Å²) >= 11 is 0. The fraction of sp³-hybridized carbons (Fsp3) is 0.750. The number of sulfone groups is 1. The van der Waals surface area contributed by atoms with E-state index in [-0.39, 0.29) is 41.2 Å². The van der Waals surface area contributed by atoms with Crippen LogP contribution in [0.25, 0.3) is 0 Å². The maximum atomic E-state index is 11.2. The summed E-state index contributed by atoms with van der Waals surface area (Å²) in [5.41, 5.74) is -0.0854. The Morgan fingerprint density at radius 3 is 2.52 bits per heavy atom. The van der Waals surface area contributed by atoms with Crippen LogP contribution in [-0.4, -0.2) is 44.0 Å². The first kappa shape index (κ1) is 24.2. The zero-order chi connectivity index (χ0) is 18.4. The van der Waals surface area contributed by atoms with Crippen molar-refractivity contribution in [3.8, 4) is 0 Å². The van der Waals surface area contributed by atoms with Crippen molar-refractivity contribution in [2.24, 2.45) is 4.99 Å². The third-order valence-electron chi connectivity index (χ3n) is 3.31. The number of hydrogen-bond donors (Lipinski definition) is 2. The average molecular weight is 486 g/mol. The minimum atomic E-state index is -2.96. The Morgan fingerprint density at radius 1 is 1.40 bits per heavy atom. The second kappa shape index (κ2) is 10.3. The Balaban J connectivity index is 0.00000576. The summed E-state index contributed by atoms with van der Waals surface area (Å²) in [6.45, 7) is 11.1. The van der Waals surface area contributed by atoms with Crippen molar-refractivity contribution in [2.45, 2.75) is 59.0 Å². The highest BCUT2D eigenvalue weighted by atomic mass is 127. The van der Waals surface area contributed by atoms with Crippen LogP contribution in [0.15, 0.2) is 15.6 Å². The fourth-order valence-electron chi connectivity index (χ4n) is 1.89. The maximum Gasteiger partial charge on any atom is 0.216 e. The first-order chi connectivity index (χ1) is 11.0. The van der Waals surface area contributed by atoms with Crippen molar-refractivity contribution in [1.29, 1.82) is 0 Å². The van der Waals surface area contributed by atoms with Crippen LogP contribution in [0.4, 0.5) is 0 Å². The molecule has 0 aliphatic rings. The van der Waals surface area contributed by atoms with Crippen LogP contribution >= 0.6 is 24.0 Å². The van der Waals surface area contributed by atoms with E-state index in [2.05, 4.69) is 41.4 Å². The van der Waals surface area contributed by atoms with E-state index in [1.165, 1.54) is 6.26 Å². The second-order valence-corrected chi connectivity index (χ2v) is 9.29. The van der Waals surface area contributed by atoms with Gasteiger partial charge in [-0.05, 0) is 20.3 Å². The minimum absolute atomic E-state index is 0. The van der Waals surface area contributed by atoms with Crippen LogP contribution in [-0.2, 0) is 21.8 Å². The van der Waals surface area contributed by atoms with Crippen LogP contribution < -0.4 is 10.6 Å². The average Bonchev–Trinajstić information content (AvgIpc) is 2.91. The highest BCUT2D eigenvalue weighted by molar-refractivity contribution is 14.0. The number of aliphatic imine (C=N–C) groups is 1. The highest BCUT2D eigenvalue weighted by Gasteiger charge is 2.19. The molecule has 1 aromatic heterocycles. The molecule has 1 unspecified atom stereocenters. The van der Waals surface area contributed by atoms with E-state index in [1.807, 2.05) is 13.8 Å². The molecule has 0 saturated heterocycles. The van der Waals surface area contributed by atoms with Crippen molar-refractivity contribution >= 4 is 39.8 Å². The summed E-state index contributed by atoms with van der Waals surface area (Å²) in [6, 6.07) is -0.00720. The molecule has 0 aliphatic carbocycles. The summed E-state index contributed by atoms with van der Waals surface area (Å²) in [6.07, 6.45) is 3.50. The van der Waals surface area contributed by atoms with Gasteiger partial charge in [-0.1, -0.05) is 20.8 Å². The zero-order valence-electron chi connectivity index (χ0n) is 15.9. The lowest BCUT2D eigenvalue weighted by Crippen LogP contribution is -2.42. The topological polar surface area (TPSA) is 96.6 Å². The lowest BCUT2D eigenvalue weighted by Gasteiger charge is -2.17. The van der Waals surface area contributed by atoms with Gasteiger partial charge in [-0.3, -0.25) is 0 Å². The molecule has 7 nitrogen and oxygen atoms in total. The van der Waals surface area contributed by atoms with E-state index in [4.69, 9.17) is 4.42 Å². The third-order valence-corrected chi connectivity index (χ3v) is 4.29. The molecule has 9 heteroatoms. The molecule has 0 bridgehead atoms. The Labute approximate surface area is 168 Å². The number of rotatable bonds is 7. The number of nitrogens with one attached hydrogen (secondary N) is 2. The fourth-order valence-corrected chi connectivity index (χ4v) is 2.67. The van der Waals surface area contributed by atoms with Gasteiger partial charge in [-0.15, -0.1) is 24.0 Å². The summed E-state index contributed by atoms with van der Waals surface area (Å²) in [5.74, 6) is 2.15.